The number of carbonyl (C=O) groups is 1. The van der Waals surface area contributed by atoms with Gasteiger partial charge in [0.25, 0.3) is 5.91 Å². The lowest BCUT2D eigenvalue weighted by molar-refractivity contribution is 0.0854. The van der Waals surface area contributed by atoms with Gasteiger partial charge in [0, 0.05) is 11.6 Å². The second-order valence-corrected chi connectivity index (χ2v) is 7.68. The standard InChI is InChI=1S/C26H22N4O3/c1-18(29-26(31)24-10-6-14-32-24)25(19-7-3-2-4-8-19)33-22-11-12-23-20(15-22)16-28-30(23)21-9-5-13-27-17-21/h2-18,25H,1H3,(H,29,31)/t18-,25-/m0/s1. The minimum atomic E-state index is -0.407. The molecule has 0 unspecified atom stereocenters. The average molecular weight is 438 g/mol. The minimum Gasteiger partial charge on any atom is -0.484 e. The molecule has 0 saturated heterocycles. The van der Waals surface area contributed by atoms with Gasteiger partial charge in [-0.05, 0) is 55.0 Å². The van der Waals surface area contributed by atoms with Crippen LogP contribution in [0.15, 0.2) is 102 Å². The van der Waals surface area contributed by atoms with Crippen molar-refractivity contribution < 1.29 is 13.9 Å². The molecule has 0 aliphatic rings. The van der Waals surface area contributed by atoms with E-state index in [-0.39, 0.29) is 17.7 Å². The maximum absolute atomic E-state index is 12.5. The van der Waals surface area contributed by atoms with E-state index in [0.29, 0.717) is 5.75 Å². The van der Waals surface area contributed by atoms with Crippen molar-refractivity contribution >= 4 is 16.8 Å². The van der Waals surface area contributed by atoms with Crippen LogP contribution in [0.4, 0.5) is 0 Å². The van der Waals surface area contributed by atoms with Gasteiger partial charge in [-0.2, -0.15) is 5.10 Å². The monoisotopic (exact) mass is 438 g/mol. The number of fused-ring (bicyclic) bond motifs is 1. The van der Waals surface area contributed by atoms with Crippen molar-refractivity contribution in [3.8, 4) is 11.4 Å². The summed E-state index contributed by atoms with van der Waals surface area (Å²) in [5.41, 5.74) is 2.79. The first-order valence-corrected chi connectivity index (χ1v) is 10.6. The third-order valence-electron chi connectivity index (χ3n) is 5.38. The highest BCUT2D eigenvalue weighted by molar-refractivity contribution is 5.91. The number of carbonyl (C=O) groups excluding carboxylic acids is 1. The van der Waals surface area contributed by atoms with E-state index in [4.69, 9.17) is 9.15 Å². The van der Waals surface area contributed by atoms with E-state index < -0.39 is 6.10 Å². The molecule has 5 rings (SSSR count). The van der Waals surface area contributed by atoms with Crippen LogP contribution >= 0.6 is 0 Å². The van der Waals surface area contributed by atoms with Crippen LogP contribution in [0.1, 0.15) is 29.1 Å². The number of ether oxygens (including phenoxy) is 1. The Hall–Kier alpha value is -4.39. The van der Waals surface area contributed by atoms with Crippen molar-refractivity contribution in [1.29, 1.82) is 0 Å². The quantitative estimate of drug-likeness (QED) is 0.389. The zero-order valence-electron chi connectivity index (χ0n) is 18.0. The van der Waals surface area contributed by atoms with E-state index >= 15 is 0 Å². The highest BCUT2D eigenvalue weighted by atomic mass is 16.5. The Morgan fingerprint density at radius 3 is 2.67 bits per heavy atom. The highest BCUT2D eigenvalue weighted by Gasteiger charge is 2.24. The molecule has 0 aliphatic carbocycles. The van der Waals surface area contributed by atoms with E-state index in [2.05, 4.69) is 15.4 Å². The predicted octanol–water partition coefficient (Wildman–Crippen LogP) is 4.95. The zero-order valence-corrected chi connectivity index (χ0v) is 18.0. The smallest absolute Gasteiger partial charge is 0.287 e. The fraction of sp³-hybridized carbons (Fsp3) is 0.115. The number of hydrogen-bond donors (Lipinski definition) is 1. The van der Waals surface area contributed by atoms with Crippen LogP contribution in [0, 0.1) is 0 Å². The van der Waals surface area contributed by atoms with Gasteiger partial charge in [0.2, 0.25) is 0 Å². The molecule has 2 atom stereocenters. The normalized spacial score (nSPS) is 12.9. The first-order valence-electron chi connectivity index (χ1n) is 10.6. The van der Waals surface area contributed by atoms with E-state index in [9.17, 15) is 4.79 Å². The molecule has 5 aromatic rings. The van der Waals surface area contributed by atoms with Gasteiger partial charge in [0.05, 0.1) is 35.9 Å². The number of benzene rings is 2. The van der Waals surface area contributed by atoms with Crippen molar-refractivity contribution in [2.75, 3.05) is 0 Å². The topological polar surface area (TPSA) is 82.2 Å². The Bertz CT molecular complexity index is 1350. The van der Waals surface area contributed by atoms with Gasteiger partial charge in [0.15, 0.2) is 5.76 Å². The summed E-state index contributed by atoms with van der Waals surface area (Å²) in [6, 6.07) is 22.5. The SMILES string of the molecule is C[C@H](NC(=O)c1ccco1)[C@H](Oc1ccc2c(cnn2-c2cccnc2)c1)c1ccccc1. The van der Waals surface area contributed by atoms with E-state index in [1.807, 2.05) is 72.3 Å². The molecule has 7 nitrogen and oxygen atoms in total. The molecule has 0 radical (unpaired) electrons. The molecular weight excluding hydrogens is 416 g/mol. The highest BCUT2D eigenvalue weighted by Crippen LogP contribution is 2.29. The fourth-order valence-corrected chi connectivity index (χ4v) is 3.78. The van der Waals surface area contributed by atoms with Crippen LogP contribution in [-0.4, -0.2) is 26.7 Å². The van der Waals surface area contributed by atoms with Crippen LogP contribution in [-0.2, 0) is 0 Å². The number of nitrogens with zero attached hydrogens (tertiary/aromatic N) is 3. The fourth-order valence-electron chi connectivity index (χ4n) is 3.78. The summed E-state index contributed by atoms with van der Waals surface area (Å²) in [5.74, 6) is 0.657. The predicted molar refractivity (Wildman–Crippen MR) is 124 cm³/mol. The Morgan fingerprint density at radius 2 is 1.91 bits per heavy atom. The molecule has 164 valence electrons. The molecule has 0 aliphatic heterocycles. The summed E-state index contributed by atoms with van der Waals surface area (Å²) >= 11 is 0. The van der Waals surface area contributed by atoms with Gasteiger partial charge < -0.3 is 14.5 Å². The second-order valence-electron chi connectivity index (χ2n) is 7.68. The van der Waals surface area contributed by atoms with Crippen LogP contribution < -0.4 is 10.1 Å². The number of furan rings is 1. The van der Waals surface area contributed by atoms with Crippen LogP contribution in [0.5, 0.6) is 5.75 Å². The second kappa shape index (κ2) is 9.00. The van der Waals surface area contributed by atoms with Crippen molar-refractivity contribution in [1.82, 2.24) is 20.1 Å². The molecule has 0 fully saturated rings. The molecule has 3 heterocycles. The van der Waals surface area contributed by atoms with Gasteiger partial charge in [-0.1, -0.05) is 30.3 Å². The summed E-state index contributed by atoms with van der Waals surface area (Å²) in [4.78, 5) is 16.7. The molecule has 2 aromatic carbocycles. The molecule has 1 amide bonds. The third-order valence-corrected chi connectivity index (χ3v) is 5.38. The summed E-state index contributed by atoms with van der Waals surface area (Å²) in [6.45, 7) is 1.91. The van der Waals surface area contributed by atoms with E-state index in [1.54, 1.807) is 30.7 Å². The molecule has 7 heteroatoms. The lowest BCUT2D eigenvalue weighted by Crippen LogP contribution is -2.39. The summed E-state index contributed by atoms with van der Waals surface area (Å²) in [6.07, 6.45) is 6.37. The van der Waals surface area contributed by atoms with Crippen molar-refractivity contribution in [2.45, 2.75) is 19.1 Å². The lowest BCUT2D eigenvalue weighted by Gasteiger charge is -2.26. The van der Waals surface area contributed by atoms with Crippen LogP contribution in [0.3, 0.4) is 0 Å². The summed E-state index contributed by atoms with van der Waals surface area (Å²) in [5, 5.41) is 8.42. The third kappa shape index (κ3) is 4.34. The molecule has 0 spiro atoms. The molecule has 0 bridgehead atoms. The molecule has 33 heavy (non-hydrogen) atoms. The molecule has 3 aromatic heterocycles. The number of hydrogen-bond acceptors (Lipinski definition) is 5. The molecular formula is C26H22N4O3. The van der Waals surface area contributed by atoms with Gasteiger partial charge in [-0.3, -0.25) is 9.78 Å². The van der Waals surface area contributed by atoms with E-state index in [0.717, 1.165) is 22.2 Å². The molecule has 1 N–H and O–H groups in total. The number of aromatic nitrogens is 3. The number of rotatable bonds is 7. The first-order chi connectivity index (χ1) is 16.2. The van der Waals surface area contributed by atoms with Gasteiger partial charge in [-0.25, -0.2) is 4.68 Å². The van der Waals surface area contributed by atoms with Gasteiger partial charge >= 0.3 is 0 Å². The van der Waals surface area contributed by atoms with Crippen LogP contribution in [0.2, 0.25) is 0 Å². The van der Waals surface area contributed by atoms with Crippen molar-refractivity contribution in [3.05, 3.63) is 109 Å². The van der Waals surface area contributed by atoms with E-state index in [1.165, 1.54) is 6.26 Å². The maximum atomic E-state index is 12.5. The zero-order chi connectivity index (χ0) is 22.6. The van der Waals surface area contributed by atoms with Crippen molar-refractivity contribution in [3.63, 3.8) is 0 Å². The van der Waals surface area contributed by atoms with Gasteiger partial charge in [0.1, 0.15) is 11.9 Å². The minimum absolute atomic E-state index is 0.262. The van der Waals surface area contributed by atoms with Crippen molar-refractivity contribution in [2.24, 2.45) is 0 Å². The Labute approximate surface area is 190 Å². The average Bonchev–Trinajstić information content (AvgIpc) is 3.54. The largest absolute Gasteiger partial charge is 0.484 e. The number of pyridine rings is 1. The Kier molecular flexibility index (Phi) is 5.59. The Balaban J connectivity index is 1.42. The number of nitrogens with one attached hydrogen (secondary N) is 1. The first kappa shape index (κ1) is 20.5. The molecule has 0 saturated carbocycles. The number of amides is 1. The van der Waals surface area contributed by atoms with Crippen LogP contribution in [0.25, 0.3) is 16.6 Å². The lowest BCUT2D eigenvalue weighted by atomic mass is 10.0. The Morgan fingerprint density at radius 1 is 1.03 bits per heavy atom. The summed E-state index contributed by atoms with van der Waals surface area (Å²) in [7, 11) is 0. The maximum Gasteiger partial charge on any atom is 0.287 e. The summed E-state index contributed by atoms with van der Waals surface area (Å²) < 4.78 is 13.5. The van der Waals surface area contributed by atoms with Gasteiger partial charge in [-0.15, -0.1) is 0 Å².